The minimum atomic E-state index is -0.573. The summed E-state index contributed by atoms with van der Waals surface area (Å²) in [5.74, 6) is 0.0664. The van der Waals surface area contributed by atoms with Gasteiger partial charge in [-0.25, -0.2) is 10.2 Å². The minimum Gasteiger partial charge on any atom is -0.496 e. The summed E-state index contributed by atoms with van der Waals surface area (Å²) >= 11 is 0. The average molecular weight is 469 g/mol. The summed E-state index contributed by atoms with van der Waals surface area (Å²) in [7, 11) is 2.95. The van der Waals surface area contributed by atoms with Gasteiger partial charge in [0, 0.05) is 12.4 Å². The lowest BCUT2D eigenvalue weighted by Crippen LogP contribution is -2.19. The molecule has 1 aromatic heterocycles. The van der Waals surface area contributed by atoms with E-state index in [1.165, 1.54) is 20.4 Å². The number of carbonyl (C=O) groups is 2. The summed E-state index contributed by atoms with van der Waals surface area (Å²) in [5, 5.41) is 4.06. The lowest BCUT2D eigenvalue weighted by atomic mass is 10.1. The van der Waals surface area contributed by atoms with Crippen molar-refractivity contribution in [2.45, 2.75) is 0 Å². The molecule has 0 atom stereocenters. The maximum Gasteiger partial charge on any atom is 0.347 e. The van der Waals surface area contributed by atoms with Crippen molar-refractivity contribution in [2.75, 3.05) is 14.2 Å². The van der Waals surface area contributed by atoms with Crippen LogP contribution in [0.5, 0.6) is 17.2 Å². The predicted molar refractivity (Wildman–Crippen MR) is 132 cm³/mol. The number of aromatic nitrogens is 1. The molecule has 0 bridgehead atoms. The van der Waals surface area contributed by atoms with E-state index in [0.29, 0.717) is 28.2 Å². The molecule has 176 valence electrons. The van der Waals surface area contributed by atoms with Crippen molar-refractivity contribution in [3.8, 4) is 22.9 Å². The molecular weight excluding hydrogens is 446 g/mol. The molecule has 0 aliphatic rings. The smallest absolute Gasteiger partial charge is 0.347 e. The van der Waals surface area contributed by atoms with Gasteiger partial charge in [0.25, 0.3) is 5.91 Å². The van der Waals surface area contributed by atoms with Crippen molar-refractivity contribution in [1.82, 2.24) is 9.99 Å². The van der Waals surface area contributed by atoms with Crippen LogP contribution in [0.2, 0.25) is 0 Å². The molecule has 0 fully saturated rings. The fourth-order valence-electron chi connectivity index (χ4n) is 3.43. The van der Waals surface area contributed by atoms with Crippen LogP contribution in [0.25, 0.3) is 5.69 Å². The number of methoxy groups -OCH3 is 2. The Morgan fingerprint density at radius 1 is 0.800 bits per heavy atom. The number of esters is 1. The van der Waals surface area contributed by atoms with E-state index >= 15 is 0 Å². The van der Waals surface area contributed by atoms with Crippen LogP contribution in [0.15, 0.2) is 96.4 Å². The highest BCUT2D eigenvalue weighted by molar-refractivity contribution is 5.98. The van der Waals surface area contributed by atoms with Crippen molar-refractivity contribution in [3.05, 3.63) is 108 Å². The molecule has 4 rings (SSSR count). The van der Waals surface area contributed by atoms with Crippen molar-refractivity contribution < 1.29 is 23.8 Å². The number of nitrogens with zero attached hydrogens (tertiary/aromatic N) is 2. The van der Waals surface area contributed by atoms with Gasteiger partial charge in [0.15, 0.2) is 11.5 Å². The minimum absolute atomic E-state index is 0.241. The Morgan fingerprint density at radius 3 is 2.23 bits per heavy atom. The molecule has 0 aliphatic heterocycles. The second-order valence-electron chi connectivity index (χ2n) is 7.31. The predicted octanol–water partition coefficient (Wildman–Crippen LogP) is 4.48. The second kappa shape index (κ2) is 10.8. The number of amides is 1. The molecular formula is C27H23N3O5. The van der Waals surface area contributed by atoms with Crippen LogP contribution in [0.3, 0.4) is 0 Å². The molecule has 3 aromatic carbocycles. The summed E-state index contributed by atoms with van der Waals surface area (Å²) in [6.07, 6.45) is 5.21. The maximum atomic E-state index is 12.7. The fraction of sp³-hybridized carbons (Fsp3) is 0.0741. The van der Waals surface area contributed by atoms with Gasteiger partial charge in [-0.3, -0.25) is 4.79 Å². The van der Waals surface area contributed by atoms with Crippen LogP contribution in [0.4, 0.5) is 0 Å². The lowest BCUT2D eigenvalue weighted by molar-refractivity contribution is 0.0726. The van der Waals surface area contributed by atoms with E-state index in [1.54, 1.807) is 54.6 Å². The zero-order valence-corrected chi connectivity index (χ0v) is 19.2. The largest absolute Gasteiger partial charge is 0.496 e. The van der Waals surface area contributed by atoms with Gasteiger partial charge in [0.05, 0.1) is 31.7 Å². The first-order valence-corrected chi connectivity index (χ1v) is 10.7. The first-order valence-electron chi connectivity index (χ1n) is 10.7. The van der Waals surface area contributed by atoms with Crippen molar-refractivity contribution in [1.29, 1.82) is 0 Å². The Kier molecular flexibility index (Phi) is 7.22. The van der Waals surface area contributed by atoms with E-state index in [0.717, 1.165) is 5.69 Å². The normalized spacial score (nSPS) is 10.7. The van der Waals surface area contributed by atoms with Crippen LogP contribution in [-0.2, 0) is 0 Å². The Balaban J connectivity index is 1.46. The third-order valence-electron chi connectivity index (χ3n) is 5.13. The van der Waals surface area contributed by atoms with Gasteiger partial charge >= 0.3 is 5.97 Å². The van der Waals surface area contributed by atoms with Gasteiger partial charge in [0.1, 0.15) is 11.3 Å². The molecule has 0 radical (unpaired) electrons. The monoisotopic (exact) mass is 469 g/mol. The number of hydrazone groups is 1. The van der Waals surface area contributed by atoms with Crippen molar-refractivity contribution in [2.24, 2.45) is 5.10 Å². The van der Waals surface area contributed by atoms with E-state index in [4.69, 9.17) is 14.2 Å². The number of benzene rings is 3. The Hall–Kier alpha value is -4.85. The van der Waals surface area contributed by atoms with Gasteiger partial charge in [-0.15, -0.1) is 0 Å². The van der Waals surface area contributed by atoms with Gasteiger partial charge in [-0.05, 0) is 60.2 Å². The Labute approximate surface area is 202 Å². The Bertz CT molecular complexity index is 1360. The molecule has 8 heteroatoms. The topological polar surface area (TPSA) is 91.1 Å². The van der Waals surface area contributed by atoms with Crippen LogP contribution in [-0.4, -0.2) is 36.9 Å². The number of carbonyl (C=O) groups excluding carboxylic acids is 2. The molecule has 0 saturated carbocycles. The van der Waals surface area contributed by atoms with Gasteiger partial charge in [-0.2, -0.15) is 5.10 Å². The van der Waals surface area contributed by atoms with E-state index < -0.39 is 5.97 Å². The SMILES string of the molecule is COc1cc(C=NNC(=O)c2ccccc2-n2cccc2)ccc1OC(=O)c1ccccc1OC. The van der Waals surface area contributed by atoms with Crippen LogP contribution in [0, 0.1) is 0 Å². The van der Waals surface area contributed by atoms with E-state index in [-0.39, 0.29) is 11.7 Å². The van der Waals surface area contributed by atoms with Crippen LogP contribution < -0.4 is 19.6 Å². The second-order valence-corrected chi connectivity index (χ2v) is 7.31. The molecule has 0 unspecified atom stereocenters. The maximum absolute atomic E-state index is 12.7. The lowest BCUT2D eigenvalue weighted by Gasteiger charge is -2.11. The highest BCUT2D eigenvalue weighted by Crippen LogP contribution is 2.29. The average Bonchev–Trinajstić information content (AvgIpc) is 3.44. The molecule has 1 N–H and O–H groups in total. The number of hydrogen-bond donors (Lipinski definition) is 1. The van der Waals surface area contributed by atoms with Gasteiger partial charge < -0.3 is 18.8 Å². The highest BCUT2D eigenvalue weighted by Gasteiger charge is 2.17. The Morgan fingerprint density at radius 2 is 1.49 bits per heavy atom. The van der Waals surface area contributed by atoms with Crippen molar-refractivity contribution in [3.63, 3.8) is 0 Å². The third-order valence-corrected chi connectivity index (χ3v) is 5.13. The highest BCUT2D eigenvalue weighted by atomic mass is 16.6. The van der Waals surface area contributed by atoms with E-state index in [2.05, 4.69) is 10.5 Å². The molecule has 8 nitrogen and oxygen atoms in total. The van der Waals surface area contributed by atoms with Crippen LogP contribution in [0.1, 0.15) is 26.3 Å². The summed E-state index contributed by atoms with van der Waals surface area (Å²) in [6, 6.07) is 22.7. The van der Waals surface area contributed by atoms with E-state index in [9.17, 15) is 9.59 Å². The zero-order valence-electron chi connectivity index (χ0n) is 19.2. The zero-order chi connectivity index (χ0) is 24.6. The quantitative estimate of drug-likeness (QED) is 0.178. The fourth-order valence-corrected chi connectivity index (χ4v) is 3.43. The van der Waals surface area contributed by atoms with Crippen LogP contribution >= 0.6 is 0 Å². The standard InChI is InChI=1S/C27H23N3O5/c1-33-23-12-6-4-10-21(23)27(32)35-24-14-13-19(17-25(24)34-2)18-28-29-26(31)20-9-3-5-11-22(20)30-15-7-8-16-30/h3-18H,1-2H3,(H,29,31). The number of nitrogens with one attached hydrogen (secondary N) is 1. The molecule has 4 aromatic rings. The molecule has 35 heavy (non-hydrogen) atoms. The molecule has 0 aliphatic carbocycles. The van der Waals surface area contributed by atoms with E-state index in [1.807, 2.05) is 41.2 Å². The van der Waals surface area contributed by atoms with Gasteiger partial charge in [-0.1, -0.05) is 24.3 Å². The summed E-state index contributed by atoms with van der Waals surface area (Å²) < 4.78 is 18.0. The number of ether oxygens (including phenoxy) is 3. The first-order chi connectivity index (χ1) is 17.1. The molecule has 1 amide bonds. The summed E-state index contributed by atoms with van der Waals surface area (Å²) in [4.78, 5) is 25.3. The number of hydrogen-bond acceptors (Lipinski definition) is 6. The van der Waals surface area contributed by atoms with Gasteiger partial charge in [0.2, 0.25) is 0 Å². The first kappa shape index (κ1) is 23.3. The third kappa shape index (κ3) is 5.39. The number of para-hydroxylation sites is 2. The molecule has 0 saturated heterocycles. The summed E-state index contributed by atoms with van der Waals surface area (Å²) in [6.45, 7) is 0. The molecule has 0 spiro atoms. The summed E-state index contributed by atoms with van der Waals surface area (Å²) in [5.41, 5.74) is 4.71. The molecule has 1 heterocycles. The van der Waals surface area contributed by atoms with Crippen molar-refractivity contribution >= 4 is 18.1 Å². The number of rotatable bonds is 8.